The van der Waals surface area contributed by atoms with Gasteiger partial charge in [0.1, 0.15) is 6.61 Å². The summed E-state index contributed by atoms with van der Waals surface area (Å²) in [5.41, 5.74) is 1.11. The molecule has 0 saturated heterocycles. The summed E-state index contributed by atoms with van der Waals surface area (Å²) in [4.78, 5) is 14.8. The maximum atomic E-state index is 14.2. The molecule has 2 saturated carbocycles. The van der Waals surface area contributed by atoms with Gasteiger partial charge >= 0.3 is 5.97 Å². The van der Waals surface area contributed by atoms with E-state index in [4.69, 9.17) is 9.47 Å². The van der Waals surface area contributed by atoms with Gasteiger partial charge < -0.3 is 9.47 Å². The number of hydrogen-bond acceptors (Lipinski definition) is 4. The van der Waals surface area contributed by atoms with E-state index in [1.807, 2.05) is 0 Å². The molecule has 1 aromatic rings. The van der Waals surface area contributed by atoms with E-state index in [1.165, 1.54) is 64.2 Å². The summed E-state index contributed by atoms with van der Waals surface area (Å²) >= 11 is 0. The molecule has 4 nitrogen and oxygen atoms in total. The highest BCUT2D eigenvalue weighted by Crippen LogP contribution is 2.39. The largest absolute Gasteiger partial charge is 0.489 e. The predicted octanol–water partition coefficient (Wildman–Crippen LogP) is 3.71. The second-order valence-corrected chi connectivity index (χ2v) is 7.53. The number of hydrogen-bond donors (Lipinski definition) is 0. The van der Waals surface area contributed by atoms with Gasteiger partial charge in [0.2, 0.25) is 0 Å². The van der Waals surface area contributed by atoms with Crippen LogP contribution < -0.4 is 4.74 Å². The van der Waals surface area contributed by atoms with E-state index in [0.29, 0.717) is 36.2 Å². The fourth-order valence-electron chi connectivity index (χ4n) is 4.71. The van der Waals surface area contributed by atoms with E-state index < -0.39 is 11.8 Å². The third-order valence-corrected chi connectivity index (χ3v) is 6.14. The van der Waals surface area contributed by atoms with Crippen LogP contribution in [0.25, 0.3) is 0 Å². The molecule has 1 aliphatic heterocycles. The number of methoxy groups -OCH3 is 1. The van der Waals surface area contributed by atoms with Gasteiger partial charge in [-0.1, -0.05) is 19.3 Å². The molecular formula is C20H26FNO3. The standard InChI is InChI=1S/C20H26FNO3/c1-24-20(23)16-9-10-18(21)19-17(16)11-15(12-25-19)22(14-7-4-8-14)13-5-2-3-6-13/h9-10,13-15H,2-8,11-12H2,1H3. The van der Waals surface area contributed by atoms with Crippen molar-refractivity contribution in [3.05, 3.63) is 29.1 Å². The summed E-state index contributed by atoms with van der Waals surface area (Å²) in [6, 6.07) is 4.26. The first kappa shape index (κ1) is 16.8. The first-order chi connectivity index (χ1) is 12.2. The van der Waals surface area contributed by atoms with Crippen molar-refractivity contribution in [3.8, 4) is 5.75 Å². The van der Waals surface area contributed by atoms with Crippen LogP contribution in [0.15, 0.2) is 12.1 Å². The summed E-state index contributed by atoms with van der Waals surface area (Å²) in [7, 11) is 1.36. The van der Waals surface area contributed by atoms with Crippen LogP contribution in [-0.2, 0) is 11.2 Å². The van der Waals surface area contributed by atoms with E-state index >= 15 is 0 Å². The van der Waals surface area contributed by atoms with Crippen molar-refractivity contribution in [2.45, 2.75) is 69.5 Å². The molecule has 0 amide bonds. The van der Waals surface area contributed by atoms with Gasteiger partial charge in [-0.05, 0) is 44.2 Å². The van der Waals surface area contributed by atoms with Gasteiger partial charge in [-0.3, -0.25) is 4.90 Å². The Kier molecular flexibility index (Phi) is 4.67. The van der Waals surface area contributed by atoms with Crippen LogP contribution >= 0.6 is 0 Å². The Balaban J connectivity index is 1.64. The van der Waals surface area contributed by atoms with Crippen molar-refractivity contribution in [2.75, 3.05) is 13.7 Å². The van der Waals surface area contributed by atoms with Crippen LogP contribution in [0.1, 0.15) is 60.9 Å². The van der Waals surface area contributed by atoms with Crippen LogP contribution in [0.3, 0.4) is 0 Å². The Morgan fingerprint density at radius 1 is 1.12 bits per heavy atom. The van der Waals surface area contributed by atoms with E-state index in [9.17, 15) is 9.18 Å². The lowest BCUT2D eigenvalue weighted by Crippen LogP contribution is -2.55. The van der Waals surface area contributed by atoms with Crippen molar-refractivity contribution in [1.29, 1.82) is 0 Å². The summed E-state index contributed by atoms with van der Waals surface area (Å²) in [5, 5.41) is 0. The van der Waals surface area contributed by atoms with Gasteiger partial charge in [0.25, 0.3) is 0 Å². The zero-order chi connectivity index (χ0) is 17.4. The topological polar surface area (TPSA) is 38.8 Å². The molecule has 0 N–H and O–H groups in total. The average Bonchev–Trinajstić information content (AvgIpc) is 3.11. The molecule has 2 fully saturated rings. The first-order valence-corrected chi connectivity index (χ1v) is 9.49. The van der Waals surface area contributed by atoms with E-state index in [-0.39, 0.29) is 11.8 Å². The summed E-state index contributed by atoms with van der Waals surface area (Å²) < 4.78 is 24.9. The quantitative estimate of drug-likeness (QED) is 0.778. The maximum absolute atomic E-state index is 14.2. The minimum atomic E-state index is -0.420. The molecule has 0 radical (unpaired) electrons. The van der Waals surface area contributed by atoms with Crippen LogP contribution in [0.5, 0.6) is 5.75 Å². The van der Waals surface area contributed by atoms with Crippen LogP contribution in [0.2, 0.25) is 0 Å². The molecule has 0 aromatic heterocycles. The summed E-state index contributed by atoms with van der Waals surface area (Å²) in [6.45, 7) is 0.502. The molecule has 1 heterocycles. The van der Waals surface area contributed by atoms with Gasteiger partial charge in [-0.15, -0.1) is 0 Å². The molecule has 2 aliphatic carbocycles. The zero-order valence-electron chi connectivity index (χ0n) is 14.8. The van der Waals surface area contributed by atoms with Crippen molar-refractivity contribution < 1.29 is 18.7 Å². The number of benzene rings is 1. The second kappa shape index (κ2) is 6.94. The molecule has 1 atom stereocenters. The summed E-state index contributed by atoms with van der Waals surface area (Å²) in [6.07, 6.45) is 9.50. The third-order valence-electron chi connectivity index (χ3n) is 6.14. The van der Waals surface area contributed by atoms with Gasteiger partial charge in [-0.25, -0.2) is 9.18 Å². The Morgan fingerprint density at radius 3 is 2.40 bits per heavy atom. The first-order valence-electron chi connectivity index (χ1n) is 9.49. The molecular weight excluding hydrogens is 321 g/mol. The lowest BCUT2D eigenvalue weighted by atomic mass is 9.86. The van der Waals surface area contributed by atoms with Crippen molar-refractivity contribution >= 4 is 5.97 Å². The molecule has 3 aliphatic rings. The lowest BCUT2D eigenvalue weighted by Gasteiger charge is -2.47. The molecule has 136 valence electrons. The summed E-state index contributed by atoms with van der Waals surface area (Å²) in [5.74, 6) is -0.576. The SMILES string of the molecule is COC(=O)c1ccc(F)c2c1CC(N(C1CCCC1)C1CCC1)CO2. The van der Waals surface area contributed by atoms with Crippen molar-refractivity contribution in [3.63, 3.8) is 0 Å². The fraction of sp³-hybridized carbons (Fsp3) is 0.650. The Hall–Kier alpha value is -1.62. The third kappa shape index (κ3) is 3.03. The highest BCUT2D eigenvalue weighted by Gasteiger charge is 2.40. The normalized spacial score (nSPS) is 23.9. The Morgan fingerprint density at radius 2 is 1.80 bits per heavy atom. The molecule has 4 rings (SSSR count). The molecule has 0 bridgehead atoms. The monoisotopic (exact) mass is 347 g/mol. The number of ether oxygens (including phenoxy) is 2. The van der Waals surface area contributed by atoms with E-state index in [0.717, 1.165) is 0 Å². The van der Waals surface area contributed by atoms with Gasteiger partial charge in [-0.2, -0.15) is 0 Å². The van der Waals surface area contributed by atoms with Crippen LogP contribution in [0, 0.1) is 5.82 Å². The Labute approximate surface area is 148 Å². The number of halogens is 1. The second-order valence-electron chi connectivity index (χ2n) is 7.53. The van der Waals surface area contributed by atoms with Gasteiger partial charge in [0.05, 0.1) is 12.7 Å². The lowest BCUT2D eigenvalue weighted by molar-refractivity contribution is 0.00887. The van der Waals surface area contributed by atoms with Gasteiger partial charge in [0.15, 0.2) is 11.6 Å². The minimum absolute atomic E-state index is 0.214. The van der Waals surface area contributed by atoms with Crippen molar-refractivity contribution in [2.24, 2.45) is 0 Å². The minimum Gasteiger partial charge on any atom is -0.489 e. The maximum Gasteiger partial charge on any atom is 0.338 e. The Bertz CT molecular complexity index is 653. The number of carbonyl (C=O) groups excluding carboxylic acids is 1. The molecule has 5 heteroatoms. The smallest absolute Gasteiger partial charge is 0.338 e. The van der Waals surface area contributed by atoms with Gasteiger partial charge in [0, 0.05) is 23.7 Å². The van der Waals surface area contributed by atoms with E-state index in [2.05, 4.69) is 4.90 Å². The number of esters is 1. The molecule has 1 aromatic carbocycles. The highest BCUT2D eigenvalue weighted by molar-refractivity contribution is 5.92. The molecule has 1 unspecified atom stereocenters. The van der Waals surface area contributed by atoms with Crippen molar-refractivity contribution in [1.82, 2.24) is 4.90 Å². The molecule has 25 heavy (non-hydrogen) atoms. The van der Waals surface area contributed by atoms with Crippen LogP contribution in [0.4, 0.5) is 4.39 Å². The number of nitrogens with zero attached hydrogens (tertiary/aromatic N) is 1. The average molecular weight is 347 g/mol. The van der Waals surface area contributed by atoms with E-state index in [1.54, 1.807) is 0 Å². The zero-order valence-corrected chi connectivity index (χ0v) is 14.8. The number of rotatable bonds is 4. The predicted molar refractivity (Wildman–Crippen MR) is 92.5 cm³/mol. The molecule has 0 spiro atoms. The number of carbonyl (C=O) groups is 1. The highest BCUT2D eigenvalue weighted by atomic mass is 19.1. The fourth-order valence-corrected chi connectivity index (χ4v) is 4.71. The van der Waals surface area contributed by atoms with Crippen LogP contribution in [-0.4, -0.2) is 42.7 Å². The number of fused-ring (bicyclic) bond motifs is 1.